The van der Waals surface area contributed by atoms with E-state index >= 15 is 0 Å². The van der Waals surface area contributed by atoms with Crippen LogP contribution in [0.2, 0.25) is 5.02 Å². The van der Waals surface area contributed by atoms with Crippen LogP contribution in [0.4, 0.5) is 0 Å². The normalized spacial score (nSPS) is 10.0. The monoisotopic (exact) mass is 225 g/mol. The Morgan fingerprint density at radius 3 is 2.53 bits per heavy atom. The molecule has 1 aromatic carbocycles. The van der Waals surface area contributed by atoms with Gasteiger partial charge in [-0.2, -0.15) is 0 Å². The van der Waals surface area contributed by atoms with Crippen LogP contribution in [0, 0.1) is 6.92 Å². The van der Waals surface area contributed by atoms with Crippen molar-refractivity contribution in [2.24, 2.45) is 0 Å². The fourth-order valence-corrected chi connectivity index (χ4v) is 1.30. The number of aryl methyl sites for hydroxylation is 1. The molecule has 0 aliphatic rings. The van der Waals surface area contributed by atoms with Gasteiger partial charge in [0.25, 0.3) is 0 Å². The zero-order valence-electron chi connectivity index (χ0n) is 8.25. The zero-order valence-corrected chi connectivity index (χ0v) is 9.00. The number of Topliss-reactive ketones (excluding diaryl/α,β-unsaturated/α-hetero) is 1. The van der Waals surface area contributed by atoms with Gasteiger partial charge < -0.3 is 9.90 Å². The van der Waals surface area contributed by atoms with Crippen LogP contribution in [0.3, 0.4) is 0 Å². The summed E-state index contributed by atoms with van der Waals surface area (Å²) in [7, 11) is 0. The van der Waals surface area contributed by atoms with Crippen molar-refractivity contribution in [2.45, 2.75) is 19.8 Å². The topological polar surface area (TPSA) is 57.2 Å². The average Bonchev–Trinajstić information content (AvgIpc) is 2.18. The lowest BCUT2D eigenvalue weighted by atomic mass is 10.0. The molecule has 0 spiro atoms. The highest BCUT2D eigenvalue weighted by molar-refractivity contribution is 6.31. The number of hydrogen-bond acceptors (Lipinski definition) is 3. The number of halogens is 1. The van der Waals surface area contributed by atoms with Crippen molar-refractivity contribution >= 4 is 23.4 Å². The summed E-state index contributed by atoms with van der Waals surface area (Å²) in [5.41, 5.74) is 1.29. The summed E-state index contributed by atoms with van der Waals surface area (Å²) in [4.78, 5) is 21.7. The lowest BCUT2D eigenvalue weighted by Gasteiger charge is -2.04. The number of carboxylic acid groups (broad SMARTS) is 1. The molecule has 1 aromatic rings. The second-order valence-electron chi connectivity index (χ2n) is 3.26. The molecule has 0 saturated heterocycles. The first kappa shape index (κ1) is 11.7. The first-order chi connectivity index (χ1) is 7.00. The van der Waals surface area contributed by atoms with Crippen LogP contribution in [0.25, 0.3) is 0 Å². The minimum absolute atomic E-state index is 0.0383. The Bertz CT molecular complexity index is 399. The van der Waals surface area contributed by atoms with E-state index in [0.717, 1.165) is 5.56 Å². The number of carbonyl (C=O) groups is 2. The first-order valence-electron chi connectivity index (χ1n) is 4.50. The molecule has 4 heteroatoms. The van der Waals surface area contributed by atoms with Gasteiger partial charge in [0.05, 0.1) is 0 Å². The molecule has 0 bridgehead atoms. The molecule has 0 N–H and O–H groups in total. The Morgan fingerprint density at radius 2 is 2.00 bits per heavy atom. The SMILES string of the molecule is Cc1cc(C(=O)CCC(=O)[O-])ccc1Cl. The van der Waals surface area contributed by atoms with Gasteiger partial charge in [-0.05, 0) is 37.1 Å². The number of carbonyl (C=O) groups excluding carboxylic acids is 2. The van der Waals surface area contributed by atoms with Gasteiger partial charge >= 0.3 is 0 Å². The molecular weight excluding hydrogens is 216 g/mol. The van der Waals surface area contributed by atoms with Crippen LogP contribution < -0.4 is 5.11 Å². The molecule has 0 unspecified atom stereocenters. The molecule has 1 rings (SSSR count). The number of hydrogen-bond donors (Lipinski definition) is 0. The Balaban J connectivity index is 2.74. The van der Waals surface area contributed by atoms with E-state index in [0.29, 0.717) is 10.6 Å². The maximum Gasteiger partial charge on any atom is 0.163 e. The van der Waals surface area contributed by atoms with Crippen molar-refractivity contribution in [3.8, 4) is 0 Å². The lowest BCUT2D eigenvalue weighted by molar-refractivity contribution is -0.305. The van der Waals surface area contributed by atoms with Gasteiger partial charge in [0, 0.05) is 23.0 Å². The molecule has 0 aliphatic heterocycles. The van der Waals surface area contributed by atoms with Crippen molar-refractivity contribution < 1.29 is 14.7 Å². The van der Waals surface area contributed by atoms with E-state index < -0.39 is 5.97 Å². The highest BCUT2D eigenvalue weighted by Gasteiger charge is 2.06. The van der Waals surface area contributed by atoms with Crippen LogP contribution in [0.15, 0.2) is 18.2 Å². The van der Waals surface area contributed by atoms with Gasteiger partial charge in [-0.15, -0.1) is 0 Å². The van der Waals surface area contributed by atoms with E-state index in [-0.39, 0.29) is 18.6 Å². The quantitative estimate of drug-likeness (QED) is 0.727. The van der Waals surface area contributed by atoms with Gasteiger partial charge in [0.2, 0.25) is 0 Å². The minimum Gasteiger partial charge on any atom is -0.550 e. The maximum absolute atomic E-state index is 11.5. The van der Waals surface area contributed by atoms with Crippen molar-refractivity contribution in [3.05, 3.63) is 34.3 Å². The molecule has 0 atom stereocenters. The Kier molecular flexibility index (Phi) is 3.86. The van der Waals surface area contributed by atoms with Crippen LogP contribution in [-0.4, -0.2) is 11.8 Å². The van der Waals surface area contributed by atoms with Crippen LogP contribution in [0.1, 0.15) is 28.8 Å². The van der Waals surface area contributed by atoms with Gasteiger partial charge in [-0.1, -0.05) is 11.6 Å². The Hall–Kier alpha value is -1.35. The van der Waals surface area contributed by atoms with Crippen LogP contribution in [0.5, 0.6) is 0 Å². The third-order valence-electron chi connectivity index (χ3n) is 2.04. The van der Waals surface area contributed by atoms with Crippen molar-refractivity contribution in [3.63, 3.8) is 0 Å². The smallest absolute Gasteiger partial charge is 0.163 e. The maximum atomic E-state index is 11.5. The zero-order chi connectivity index (χ0) is 11.4. The molecule has 0 amide bonds. The van der Waals surface area contributed by atoms with E-state index in [1.807, 2.05) is 0 Å². The second-order valence-corrected chi connectivity index (χ2v) is 3.67. The molecule has 3 nitrogen and oxygen atoms in total. The highest BCUT2D eigenvalue weighted by atomic mass is 35.5. The van der Waals surface area contributed by atoms with Crippen molar-refractivity contribution in [2.75, 3.05) is 0 Å². The first-order valence-corrected chi connectivity index (χ1v) is 4.87. The summed E-state index contributed by atoms with van der Waals surface area (Å²) in [5, 5.41) is 10.8. The molecule has 15 heavy (non-hydrogen) atoms. The summed E-state index contributed by atoms with van der Waals surface area (Å²) in [6, 6.07) is 4.87. The summed E-state index contributed by atoms with van der Waals surface area (Å²) >= 11 is 5.80. The molecule has 0 saturated carbocycles. The van der Waals surface area contributed by atoms with E-state index in [2.05, 4.69) is 0 Å². The largest absolute Gasteiger partial charge is 0.550 e. The molecular formula is C11H10ClO3-. The second kappa shape index (κ2) is 4.94. The molecule has 0 fully saturated rings. The number of aliphatic carboxylic acids is 1. The summed E-state index contributed by atoms with van der Waals surface area (Å²) in [5.74, 6) is -1.42. The highest BCUT2D eigenvalue weighted by Crippen LogP contribution is 2.17. The average molecular weight is 226 g/mol. The fourth-order valence-electron chi connectivity index (χ4n) is 1.18. The summed E-state index contributed by atoms with van der Waals surface area (Å²) in [6.45, 7) is 1.79. The van der Waals surface area contributed by atoms with E-state index in [1.165, 1.54) is 0 Å². The van der Waals surface area contributed by atoms with Crippen molar-refractivity contribution in [1.29, 1.82) is 0 Å². The van der Waals surface area contributed by atoms with Crippen LogP contribution in [-0.2, 0) is 4.79 Å². The lowest BCUT2D eigenvalue weighted by Crippen LogP contribution is -2.22. The van der Waals surface area contributed by atoms with Crippen LogP contribution >= 0.6 is 11.6 Å². The third-order valence-corrected chi connectivity index (χ3v) is 2.46. The number of rotatable bonds is 4. The molecule has 0 heterocycles. The predicted octanol–water partition coefficient (Wildman–Crippen LogP) is 1.36. The summed E-state index contributed by atoms with van der Waals surface area (Å²) < 4.78 is 0. The molecule has 0 aliphatic carbocycles. The number of ketones is 1. The molecule has 80 valence electrons. The number of carboxylic acids is 1. The fraction of sp³-hybridized carbons (Fsp3) is 0.273. The Morgan fingerprint density at radius 1 is 1.33 bits per heavy atom. The van der Waals surface area contributed by atoms with E-state index in [9.17, 15) is 14.7 Å². The minimum atomic E-state index is -1.21. The third kappa shape index (κ3) is 3.36. The molecule has 0 radical (unpaired) electrons. The Labute approximate surface area is 92.7 Å². The predicted molar refractivity (Wildman–Crippen MR) is 54.8 cm³/mol. The van der Waals surface area contributed by atoms with Gasteiger partial charge in [0.15, 0.2) is 5.78 Å². The number of benzene rings is 1. The van der Waals surface area contributed by atoms with Gasteiger partial charge in [-0.25, -0.2) is 0 Å². The van der Waals surface area contributed by atoms with E-state index in [1.54, 1.807) is 25.1 Å². The summed E-state index contributed by atoms with van der Waals surface area (Å²) in [6.07, 6.45) is -0.288. The van der Waals surface area contributed by atoms with Gasteiger partial charge in [0.1, 0.15) is 0 Å². The van der Waals surface area contributed by atoms with E-state index in [4.69, 9.17) is 11.6 Å². The van der Waals surface area contributed by atoms with Gasteiger partial charge in [-0.3, -0.25) is 4.79 Å². The standard InChI is InChI=1S/C11H11ClO3/c1-7-6-8(2-3-9(7)12)10(13)4-5-11(14)15/h2-3,6H,4-5H2,1H3,(H,14,15)/p-1. The molecule has 0 aromatic heterocycles. The van der Waals surface area contributed by atoms with Crippen molar-refractivity contribution in [1.82, 2.24) is 0 Å².